The maximum absolute atomic E-state index is 12.0. The number of halogens is 2. The van der Waals surface area contributed by atoms with Gasteiger partial charge in [-0.15, -0.1) is 0 Å². The Balaban J connectivity index is 2.27. The topological polar surface area (TPSA) is 68.0 Å². The van der Waals surface area contributed by atoms with Crippen LogP contribution < -0.4 is 5.32 Å². The van der Waals surface area contributed by atoms with Crippen LogP contribution in [0.1, 0.15) is 21.6 Å². The standard InChI is InChI=1S/C11H9Cl2N3O2/c1-5-6(2)16-18-11(5)15-10(17)7-3-9(13)14-4-8(7)12/h3-4H,1-2H3,(H,15,17). The molecule has 0 radical (unpaired) electrons. The number of amides is 1. The van der Waals surface area contributed by atoms with Crippen LogP contribution in [0.15, 0.2) is 16.8 Å². The third-order valence-corrected chi connectivity index (χ3v) is 2.96. The number of pyridine rings is 1. The van der Waals surface area contributed by atoms with Gasteiger partial charge in [-0.2, -0.15) is 0 Å². The van der Waals surface area contributed by atoms with Crippen LogP contribution in [0.4, 0.5) is 5.88 Å². The van der Waals surface area contributed by atoms with E-state index >= 15 is 0 Å². The number of aromatic nitrogens is 2. The third-order valence-electron chi connectivity index (χ3n) is 2.45. The lowest BCUT2D eigenvalue weighted by atomic mass is 10.2. The lowest BCUT2D eigenvalue weighted by molar-refractivity contribution is 0.102. The van der Waals surface area contributed by atoms with Gasteiger partial charge in [0.1, 0.15) is 5.15 Å². The zero-order valence-electron chi connectivity index (χ0n) is 9.62. The molecule has 2 rings (SSSR count). The molecular weight excluding hydrogens is 277 g/mol. The van der Waals surface area contributed by atoms with Crippen molar-refractivity contribution in [2.24, 2.45) is 0 Å². The summed E-state index contributed by atoms with van der Waals surface area (Å²) < 4.78 is 4.98. The van der Waals surface area contributed by atoms with E-state index in [2.05, 4.69) is 15.5 Å². The molecule has 7 heteroatoms. The quantitative estimate of drug-likeness (QED) is 0.860. The van der Waals surface area contributed by atoms with Crippen molar-refractivity contribution in [1.29, 1.82) is 0 Å². The van der Waals surface area contributed by atoms with Crippen LogP contribution in [-0.2, 0) is 0 Å². The maximum Gasteiger partial charge on any atom is 0.259 e. The molecule has 2 aromatic rings. The molecule has 1 amide bonds. The van der Waals surface area contributed by atoms with Gasteiger partial charge in [-0.3, -0.25) is 10.1 Å². The molecule has 2 heterocycles. The third kappa shape index (κ3) is 2.47. The first-order valence-corrected chi connectivity index (χ1v) is 5.80. The summed E-state index contributed by atoms with van der Waals surface area (Å²) in [6.07, 6.45) is 1.32. The van der Waals surface area contributed by atoms with Crippen LogP contribution in [0.25, 0.3) is 0 Å². The first kappa shape index (κ1) is 12.9. The molecule has 0 saturated carbocycles. The first-order valence-electron chi connectivity index (χ1n) is 5.04. The average Bonchev–Trinajstić information content (AvgIpc) is 2.64. The minimum absolute atomic E-state index is 0.190. The minimum Gasteiger partial charge on any atom is -0.338 e. The van der Waals surface area contributed by atoms with Gasteiger partial charge in [0.25, 0.3) is 5.91 Å². The van der Waals surface area contributed by atoms with Crippen molar-refractivity contribution in [2.75, 3.05) is 5.32 Å². The van der Waals surface area contributed by atoms with Gasteiger partial charge in [0, 0.05) is 11.8 Å². The van der Waals surface area contributed by atoms with E-state index in [9.17, 15) is 4.79 Å². The molecule has 18 heavy (non-hydrogen) atoms. The number of aryl methyl sites for hydroxylation is 1. The highest BCUT2D eigenvalue weighted by Gasteiger charge is 2.16. The molecule has 94 valence electrons. The molecule has 0 aromatic carbocycles. The van der Waals surface area contributed by atoms with Crippen molar-refractivity contribution in [3.8, 4) is 0 Å². The second-order valence-corrected chi connectivity index (χ2v) is 4.46. The monoisotopic (exact) mass is 285 g/mol. The van der Waals surface area contributed by atoms with E-state index in [1.807, 2.05) is 0 Å². The predicted molar refractivity (Wildman–Crippen MR) is 68.2 cm³/mol. The second kappa shape index (κ2) is 4.96. The number of nitrogens with zero attached hydrogens (tertiary/aromatic N) is 2. The first-order chi connectivity index (χ1) is 8.49. The molecule has 0 aliphatic carbocycles. The fourth-order valence-electron chi connectivity index (χ4n) is 1.29. The highest BCUT2D eigenvalue weighted by molar-refractivity contribution is 6.35. The van der Waals surface area contributed by atoms with Crippen molar-refractivity contribution in [1.82, 2.24) is 10.1 Å². The van der Waals surface area contributed by atoms with Gasteiger partial charge < -0.3 is 4.52 Å². The molecule has 0 fully saturated rings. The van der Waals surface area contributed by atoms with Gasteiger partial charge in [-0.1, -0.05) is 28.4 Å². The van der Waals surface area contributed by atoms with E-state index in [-0.39, 0.29) is 15.7 Å². The van der Waals surface area contributed by atoms with Crippen molar-refractivity contribution in [3.63, 3.8) is 0 Å². The van der Waals surface area contributed by atoms with E-state index in [4.69, 9.17) is 27.7 Å². The van der Waals surface area contributed by atoms with E-state index in [0.29, 0.717) is 11.6 Å². The van der Waals surface area contributed by atoms with Crippen LogP contribution in [0.2, 0.25) is 10.2 Å². The number of anilines is 1. The average molecular weight is 286 g/mol. The summed E-state index contributed by atoms with van der Waals surface area (Å²) >= 11 is 11.6. The van der Waals surface area contributed by atoms with Crippen molar-refractivity contribution >= 4 is 35.0 Å². The Morgan fingerprint density at radius 3 is 2.72 bits per heavy atom. The fourth-order valence-corrected chi connectivity index (χ4v) is 1.64. The molecular formula is C11H9Cl2N3O2. The molecule has 0 unspecified atom stereocenters. The minimum atomic E-state index is -0.427. The van der Waals surface area contributed by atoms with Crippen molar-refractivity contribution < 1.29 is 9.32 Å². The molecule has 0 atom stereocenters. The summed E-state index contributed by atoms with van der Waals surface area (Å²) in [5.41, 5.74) is 1.70. The Kier molecular flexibility index (Phi) is 3.54. The summed E-state index contributed by atoms with van der Waals surface area (Å²) in [5, 5.41) is 6.72. The van der Waals surface area contributed by atoms with Gasteiger partial charge in [0.2, 0.25) is 5.88 Å². The lowest BCUT2D eigenvalue weighted by Crippen LogP contribution is -2.13. The highest BCUT2D eigenvalue weighted by Crippen LogP contribution is 2.22. The Bertz CT molecular complexity index is 610. The van der Waals surface area contributed by atoms with Gasteiger partial charge in [-0.05, 0) is 19.9 Å². The Morgan fingerprint density at radius 1 is 1.39 bits per heavy atom. The normalized spacial score (nSPS) is 10.4. The number of carbonyl (C=O) groups is 1. The fraction of sp³-hybridized carbons (Fsp3) is 0.182. The van der Waals surface area contributed by atoms with E-state index in [1.165, 1.54) is 12.3 Å². The van der Waals surface area contributed by atoms with Crippen LogP contribution in [0, 0.1) is 13.8 Å². The zero-order valence-corrected chi connectivity index (χ0v) is 11.1. The molecule has 0 saturated heterocycles. The molecule has 0 bridgehead atoms. The molecule has 0 aliphatic heterocycles. The summed E-state index contributed by atoms with van der Waals surface area (Å²) in [6.45, 7) is 3.58. The van der Waals surface area contributed by atoms with Gasteiger partial charge in [-0.25, -0.2) is 4.98 Å². The van der Waals surface area contributed by atoms with Gasteiger partial charge in [0.05, 0.1) is 16.3 Å². The smallest absolute Gasteiger partial charge is 0.259 e. The molecule has 1 N–H and O–H groups in total. The predicted octanol–water partition coefficient (Wildman–Crippen LogP) is 3.25. The van der Waals surface area contributed by atoms with Crippen LogP contribution in [0.3, 0.4) is 0 Å². The number of rotatable bonds is 2. The molecule has 0 aliphatic rings. The number of hydrogen-bond acceptors (Lipinski definition) is 4. The zero-order chi connectivity index (χ0) is 13.3. The van der Waals surface area contributed by atoms with Crippen molar-refractivity contribution in [2.45, 2.75) is 13.8 Å². The Labute approximate surface area is 113 Å². The SMILES string of the molecule is Cc1noc(NC(=O)c2cc(Cl)ncc2Cl)c1C. The molecule has 0 spiro atoms. The Morgan fingerprint density at radius 2 is 2.11 bits per heavy atom. The Hall–Kier alpha value is -1.59. The highest BCUT2D eigenvalue weighted by atomic mass is 35.5. The summed E-state index contributed by atoms with van der Waals surface area (Å²) in [4.78, 5) is 15.7. The van der Waals surface area contributed by atoms with Crippen LogP contribution in [0.5, 0.6) is 0 Å². The number of nitrogens with one attached hydrogen (secondary N) is 1. The molecule has 2 aromatic heterocycles. The largest absolute Gasteiger partial charge is 0.338 e. The van der Waals surface area contributed by atoms with E-state index in [1.54, 1.807) is 13.8 Å². The van der Waals surface area contributed by atoms with E-state index < -0.39 is 5.91 Å². The summed E-state index contributed by atoms with van der Waals surface area (Å²) in [6, 6.07) is 1.39. The summed E-state index contributed by atoms with van der Waals surface area (Å²) in [5.74, 6) is -0.134. The van der Waals surface area contributed by atoms with Crippen LogP contribution >= 0.6 is 23.2 Å². The van der Waals surface area contributed by atoms with Gasteiger partial charge >= 0.3 is 0 Å². The lowest BCUT2D eigenvalue weighted by Gasteiger charge is -2.04. The van der Waals surface area contributed by atoms with Crippen molar-refractivity contribution in [3.05, 3.63) is 39.3 Å². The second-order valence-electron chi connectivity index (χ2n) is 3.66. The molecule has 5 nitrogen and oxygen atoms in total. The number of hydrogen-bond donors (Lipinski definition) is 1. The van der Waals surface area contributed by atoms with Gasteiger partial charge in [0.15, 0.2) is 0 Å². The number of carbonyl (C=O) groups excluding carboxylic acids is 1. The van der Waals surface area contributed by atoms with Crippen LogP contribution in [-0.4, -0.2) is 16.0 Å². The van der Waals surface area contributed by atoms with E-state index in [0.717, 1.165) is 5.56 Å². The summed E-state index contributed by atoms with van der Waals surface area (Å²) in [7, 11) is 0. The maximum atomic E-state index is 12.0.